The minimum atomic E-state index is -0.978. The molecule has 6 nitrogen and oxygen atoms in total. The lowest BCUT2D eigenvalue weighted by atomic mass is 9.99. The molecule has 174 valence electrons. The summed E-state index contributed by atoms with van der Waals surface area (Å²) < 4.78 is 5.88. The first-order valence-electron chi connectivity index (χ1n) is 11.6. The zero-order valence-corrected chi connectivity index (χ0v) is 19.1. The van der Waals surface area contributed by atoms with Gasteiger partial charge in [-0.15, -0.1) is 0 Å². The summed E-state index contributed by atoms with van der Waals surface area (Å²) in [6.45, 7) is 0.402. The van der Waals surface area contributed by atoms with Gasteiger partial charge in [-0.2, -0.15) is 0 Å². The monoisotopic (exact) mass is 463 g/mol. The first kappa shape index (κ1) is 22.3. The lowest BCUT2D eigenvalue weighted by molar-refractivity contribution is -0.129. The molecule has 4 aromatic carbocycles. The average molecular weight is 464 g/mol. The second kappa shape index (κ2) is 10.2. The van der Waals surface area contributed by atoms with Crippen LogP contribution >= 0.6 is 0 Å². The standard InChI is InChI=1S/C29H25N3O3/c33-28(31-16-15-23-18-30-19-32-23)27(17-22-11-5-9-20-7-1-3-12-24(20)22)35-29(34)26-14-6-10-21-8-2-4-13-25(21)26/h1-14,18-19,27H,15-17H2,(H,30,32)(H,31,33). The zero-order chi connectivity index (χ0) is 24.0. The molecule has 1 atom stereocenters. The summed E-state index contributed by atoms with van der Waals surface area (Å²) in [7, 11) is 0. The molecule has 0 radical (unpaired) electrons. The Hall–Kier alpha value is -4.45. The Morgan fingerprint density at radius 1 is 0.857 bits per heavy atom. The third-order valence-electron chi connectivity index (χ3n) is 6.08. The number of H-pyrrole nitrogens is 1. The van der Waals surface area contributed by atoms with Crippen LogP contribution in [0.4, 0.5) is 0 Å². The van der Waals surface area contributed by atoms with Crippen molar-refractivity contribution < 1.29 is 14.3 Å². The summed E-state index contributed by atoms with van der Waals surface area (Å²) in [6, 6.07) is 27.1. The minimum Gasteiger partial charge on any atom is -0.448 e. The Labute approximate surface area is 203 Å². The number of fused-ring (bicyclic) bond motifs is 2. The van der Waals surface area contributed by atoms with Crippen LogP contribution in [0.1, 0.15) is 21.6 Å². The van der Waals surface area contributed by atoms with Gasteiger partial charge in [0.1, 0.15) is 0 Å². The number of amides is 1. The predicted octanol–water partition coefficient (Wildman–Crippen LogP) is 4.84. The molecule has 0 fully saturated rings. The number of rotatable bonds is 8. The molecule has 0 spiro atoms. The van der Waals surface area contributed by atoms with Crippen LogP contribution in [0.5, 0.6) is 0 Å². The summed E-state index contributed by atoms with van der Waals surface area (Å²) in [5, 5.41) is 6.76. The molecule has 0 aliphatic rings. The van der Waals surface area contributed by atoms with E-state index in [1.165, 1.54) is 0 Å². The minimum absolute atomic E-state index is 0.272. The number of hydrogen-bond donors (Lipinski definition) is 2. The molecule has 2 N–H and O–H groups in total. The number of esters is 1. The third-order valence-corrected chi connectivity index (χ3v) is 6.08. The van der Waals surface area contributed by atoms with E-state index in [-0.39, 0.29) is 12.3 Å². The SMILES string of the molecule is O=C(OC(Cc1cccc2ccccc12)C(=O)NCCc1cnc[nH]1)c1cccc2ccccc12. The molecule has 0 saturated carbocycles. The fourth-order valence-electron chi connectivity index (χ4n) is 4.31. The van der Waals surface area contributed by atoms with Crippen molar-refractivity contribution >= 4 is 33.4 Å². The van der Waals surface area contributed by atoms with Crippen LogP contribution in [-0.4, -0.2) is 34.5 Å². The van der Waals surface area contributed by atoms with E-state index in [1.54, 1.807) is 18.6 Å². The van der Waals surface area contributed by atoms with Gasteiger partial charge in [-0.1, -0.05) is 78.9 Å². The van der Waals surface area contributed by atoms with Gasteiger partial charge < -0.3 is 15.0 Å². The maximum atomic E-state index is 13.3. The van der Waals surface area contributed by atoms with Crippen molar-refractivity contribution in [3.8, 4) is 0 Å². The fraction of sp³-hybridized carbons (Fsp3) is 0.138. The van der Waals surface area contributed by atoms with E-state index < -0.39 is 12.1 Å². The Balaban J connectivity index is 1.40. The second-order valence-corrected chi connectivity index (χ2v) is 8.38. The lowest BCUT2D eigenvalue weighted by Crippen LogP contribution is -2.40. The van der Waals surface area contributed by atoms with Crippen LogP contribution in [0.25, 0.3) is 21.5 Å². The quantitative estimate of drug-likeness (QED) is 0.323. The molecular formula is C29H25N3O3. The number of carbonyl (C=O) groups is 2. The highest BCUT2D eigenvalue weighted by molar-refractivity contribution is 6.05. The van der Waals surface area contributed by atoms with Crippen molar-refractivity contribution in [2.45, 2.75) is 18.9 Å². The topological polar surface area (TPSA) is 84.1 Å². The van der Waals surface area contributed by atoms with Gasteiger partial charge in [-0.3, -0.25) is 4.79 Å². The van der Waals surface area contributed by atoms with Crippen LogP contribution in [0, 0.1) is 0 Å². The summed E-state index contributed by atoms with van der Waals surface area (Å²) in [5.74, 6) is -0.846. The Kier molecular flexibility index (Phi) is 6.52. The van der Waals surface area contributed by atoms with Crippen molar-refractivity contribution in [1.82, 2.24) is 15.3 Å². The molecule has 0 aliphatic carbocycles. The summed E-state index contributed by atoms with van der Waals surface area (Å²) >= 11 is 0. The fourth-order valence-corrected chi connectivity index (χ4v) is 4.31. The first-order chi connectivity index (χ1) is 17.2. The van der Waals surface area contributed by atoms with E-state index in [0.29, 0.717) is 18.5 Å². The number of aromatic amines is 1. The number of nitrogens with one attached hydrogen (secondary N) is 2. The second-order valence-electron chi connectivity index (χ2n) is 8.38. The zero-order valence-electron chi connectivity index (χ0n) is 19.1. The van der Waals surface area contributed by atoms with Gasteiger partial charge in [-0.25, -0.2) is 9.78 Å². The van der Waals surface area contributed by atoms with E-state index in [9.17, 15) is 9.59 Å². The molecule has 1 amide bonds. The molecule has 0 aliphatic heterocycles. The Morgan fingerprint density at radius 3 is 2.31 bits per heavy atom. The molecule has 5 aromatic rings. The maximum absolute atomic E-state index is 13.3. The largest absolute Gasteiger partial charge is 0.448 e. The van der Waals surface area contributed by atoms with Crippen LogP contribution in [0.3, 0.4) is 0 Å². The number of imidazole rings is 1. The lowest BCUT2D eigenvalue weighted by Gasteiger charge is -2.19. The first-order valence-corrected chi connectivity index (χ1v) is 11.6. The number of ether oxygens (including phenoxy) is 1. The van der Waals surface area contributed by atoms with Gasteiger partial charge >= 0.3 is 5.97 Å². The van der Waals surface area contributed by atoms with E-state index in [2.05, 4.69) is 15.3 Å². The van der Waals surface area contributed by atoms with Crippen molar-refractivity contribution in [3.05, 3.63) is 114 Å². The van der Waals surface area contributed by atoms with E-state index in [4.69, 9.17) is 4.74 Å². The molecule has 0 saturated heterocycles. The number of benzene rings is 4. The van der Waals surface area contributed by atoms with E-state index >= 15 is 0 Å². The summed E-state index contributed by atoms with van der Waals surface area (Å²) in [6.07, 6.45) is 3.22. The van der Waals surface area contributed by atoms with Crippen LogP contribution in [-0.2, 0) is 22.4 Å². The van der Waals surface area contributed by atoms with Crippen molar-refractivity contribution in [2.24, 2.45) is 0 Å². The van der Waals surface area contributed by atoms with Gasteiger partial charge in [0.05, 0.1) is 11.9 Å². The van der Waals surface area contributed by atoms with Gasteiger partial charge in [0, 0.05) is 31.3 Å². The summed E-state index contributed by atoms with van der Waals surface area (Å²) in [4.78, 5) is 33.5. The van der Waals surface area contributed by atoms with E-state index in [1.807, 2.05) is 78.9 Å². The number of aromatic nitrogens is 2. The molecule has 35 heavy (non-hydrogen) atoms. The molecule has 6 heteroatoms. The number of hydrogen-bond acceptors (Lipinski definition) is 4. The highest BCUT2D eigenvalue weighted by atomic mass is 16.5. The van der Waals surface area contributed by atoms with Crippen molar-refractivity contribution in [1.29, 1.82) is 0 Å². The van der Waals surface area contributed by atoms with Crippen LogP contribution in [0.2, 0.25) is 0 Å². The molecule has 1 unspecified atom stereocenters. The Bertz CT molecular complexity index is 1470. The molecule has 1 heterocycles. The predicted molar refractivity (Wildman–Crippen MR) is 136 cm³/mol. The van der Waals surface area contributed by atoms with Gasteiger partial charge in [0.25, 0.3) is 5.91 Å². The van der Waals surface area contributed by atoms with Crippen LogP contribution < -0.4 is 5.32 Å². The van der Waals surface area contributed by atoms with Crippen molar-refractivity contribution in [2.75, 3.05) is 6.54 Å². The van der Waals surface area contributed by atoms with E-state index in [0.717, 1.165) is 32.8 Å². The number of carbonyl (C=O) groups excluding carboxylic acids is 2. The third kappa shape index (κ3) is 5.06. The smallest absolute Gasteiger partial charge is 0.339 e. The highest BCUT2D eigenvalue weighted by Crippen LogP contribution is 2.23. The highest BCUT2D eigenvalue weighted by Gasteiger charge is 2.25. The van der Waals surface area contributed by atoms with Crippen LogP contribution in [0.15, 0.2) is 97.5 Å². The summed E-state index contributed by atoms with van der Waals surface area (Å²) in [5.41, 5.74) is 2.31. The van der Waals surface area contributed by atoms with Crippen molar-refractivity contribution in [3.63, 3.8) is 0 Å². The molecule has 0 bridgehead atoms. The molecular weight excluding hydrogens is 438 g/mol. The van der Waals surface area contributed by atoms with Gasteiger partial charge in [0.15, 0.2) is 6.10 Å². The maximum Gasteiger partial charge on any atom is 0.339 e. The molecule has 1 aromatic heterocycles. The number of nitrogens with zero attached hydrogens (tertiary/aromatic N) is 1. The average Bonchev–Trinajstić information content (AvgIpc) is 3.41. The van der Waals surface area contributed by atoms with Gasteiger partial charge in [-0.05, 0) is 33.2 Å². The Morgan fingerprint density at radius 2 is 1.54 bits per heavy atom. The van der Waals surface area contributed by atoms with Gasteiger partial charge in [0.2, 0.25) is 0 Å². The molecule has 5 rings (SSSR count). The normalized spacial score (nSPS) is 11.9.